The van der Waals surface area contributed by atoms with Crippen molar-refractivity contribution in [3.63, 3.8) is 0 Å². The molecule has 2 aromatic rings. The summed E-state index contributed by atoms with van der Waals surface area (Å²) in [6.07, 6.45) is 3.24. The molecule has 0 saturated heterocycles. The summed E-state index contributed by atoms with van der Waals surface area (Å²) in [5.41, 5.74) is 2.59. The molecule has 0 aliphatic heterocycles. The van der Waals surface area contributed by atoms with Gasteiger partial charge < -0.3 is 19.4 Å². The highest BCUT2D eigenvalue weighted by Gasteiger charge is 2.09. The van der Waals surface area contributed by atoms with E-state index in [0.29, 0.717) is 11.5 Å². The van der Waals surface area contributed by atoms with E-state index in [2.05, 4.69) is 13.8 Å². The van der Waals surface area contributed by atoms with E-state index in [0.717, 1.165) is 5.56 Å². The van der Waals surface area contributed by atoms with E-state index in [1.165, 1.54) is 30.9 Å². The summed E-state index contributed by atoms with van der Waals surface area (Å²) >= 11 is 0. The van der Waals surface area contributed by atoms with E-state index in [9.17, 15) is 14.7 Å². The highest BCUT2D eigenvalue weighted by atomic mass is 16.5. The molecule has 0 atom stereocenters. The van der Waals surface area contributed by atoms with E-state index in [4.69, 9.17) is 9.47 Å². The lowest BCUT2D eigenvalue weighted by molar-refractivity contribution is -0.307. The molecule has 0 aliphatic carbocycles. The van der Waals surface area contributed by atoms with E-state index < -0.39 is 12.6 Å². The third-order valence-corrected chi connectivity index (χ3v) is 3.82. The fourth-order valence-electron chi connectivity index (χ4n) is 2.34. The fourth-order valence-corrected chi connectivity index (χ4v) is 2.34. The van der Waals surface area contributed by atoms with Gasteiger partial charge in [0.2, 0.25) is 0 Å². The Labute approximate surface area is 152 Å². The lowest BCUT2D eigenvalue weighted by Crippen LogP contribution is -2.29. The monoisotopic (exact) mass is 353 g/mol. The van der Waals surface area contributed by atoms with Crippen LogP contribution in [-0.4, -0.2) is 25.5 Å². The second-order valence-corrected chi connectivity index (χ2v) is 6.05. The minimum atomic E-state index is -1.33. The number of rotatable bonds is 8. The summed E-state index contributed by atoms with van der Waals surface area (Å²) < 4.78 is 10.2. The van der Waals surface area contributed by atoms with Crippen molar-refractivity contribution in [1.82, 2.24) is 0 Å². The Balaban J connectivity index is 2.12. The van der Waals surface area contributed by atoms with Crippen molar-refractivity contribution in [2.75, 3.05) is 13.7 Å². The molecule has 0 saturated carbocycles. The summed E-state index contributed by atoms with van der Waals surface area (Å²) in [5.74, 6) is -0.547. The third kappa shape index (κ3) is 5.21. The van der Waals surface area contributed by atoms with Gasteiger partial charge in [-0.2, -0.15) is 0 Å². The molecule has 0 aliphatic rings. The quantitative estimate of drug-likeness (QED) is 0.539. The lowest BCUT2D eigenvalue weighted by atomic mass is 10.0. The number of aliphatic carboxylic acids is 1. The number of methoxy groups -OCH3 is 1. The van der Waals surface area contributed by atoms with Crippen LogP contribution in [0.25, 0.3) is 6.08 Å². The number of hydrogen-bond acceptors (Lipinski definition) is 5. The predicted molar refractivity (Wildman–Crippen MR) is 97.4 cm³/mol. The maximum atomic E-state index is 12.4. The first-order valence-corrected chi connectivity index (χ1v) is 8.23. The summed E-state index contributed by atoms with van der Waals surface area (Å²) in [6, 6.07) is 12.6. The number of benzene rings is 2. The topological polar surface area (TPSA) is 75.7 Å². The second kappa shape index (κ2) is 8.85. The minimum Gasteiger partial charge on any atom is -0.546 e. The zero-order chi connectivity index (χ0) is 19.1. The number of ether oxygens (including phenoxy) is 2. The van der Waals surface area contributed by atoms with Gasteiger partial charge in [-0.15, -0.1) is 0 Å². The summed E-state index contributed by atoms with van der Waals surface area (Å²) in [5, 5.41) is 10.5. The number of carboxylic acid groups (broad SMARTS) is 1. The number of carbonyl (C=O) groups excluding carboxylic acids is 2. The van der Waals surface area contributed by atoms with Gasteiger partial charge in [-0.05, 0) is 41.3 Å². The van der Waals surface area contributed by atoms with Crippen LogP contribution in [0.3, 0.4) is 0 Å². The number of carbonyl (C=O) groups is 2. The van der Waals surface area contributed by atoms with Gasteiger partial charge in [-0.1, -0.05) is 44.2 Å². The van der Waals surface area contributed by atoms with Crippen LogP contribution in [0.2, 0.25) is 0 Å². The minimum absolute atomic E-state index is 0.192. The van der Waals surface area contributed by atoms with Crippen LogP contribution in [0, 0.1) is 0 Å². The SMILES string of the molecule is COc1cc(C(=O)/C=C/c2ccc(C(C)C)cc2)ccc1OCC(=O)[O-]. The molecule has 0 unspecified atom stereocenters. The normalized spacial score (nSPS) is 10.9. The maximum absolute atomic E-state index is 12.4. The molecule has 0 fully saturated rings. The maximum Gasteiger partial charge on any atom is 0.185 e. The van der Waals surface area contributed by atoms with Gasteiger partial charge in [-0.25, -0.2) is 0 Å². The first-order chi connectivity index (χ1) is 12.4. The van der Waals surface area contributed by atoms with Crippen molar-refractivity contribution in [2.45, 2.75) is 19.8 Å². The molecule has 5 heteroatoms. The van der Waals surface area contributed by atoms with E-state index in [1.54, 1.807) is 12.1 Å². The van der Waals surface area contributed by atoms with Crippen molar-refractivity contribution in [3.05, 3.63) is 65.2 Å². The zero-order valence-corrected chi connectivity index (χ0v) is 15.0. The molecular weight excluding hydrogens is 332 g/mol. The van der Waals surface area contributed by atoms with E-state index >= 15 is 0 Å². The predicted octanol–water partition coefficient (Wildman–Crippen LogP) is 2.84. The van der Waals surface area contributed by atoms with Crippen LogP contribution in [0.1, 0.15) is 41.3 Å². The standard InChI is InChI=1S/C21H22O5/c1-14(2)16-7-4-15(5-8-16)6-10-18(22)17-9-11-19(20(12-17)25-3)26-13-21(23)24/h4-12,14H,13H2,1-3H3,(H,23,24)/p-1/b10-6+. The van der Waals surface area contributed by atoms with E-state index in [-0.39, 0.29) is 17.3 Å². The molecule has 0 aromatic heterocycles. The summed E-state index contributed by atoms with van der Waals surface area (Å²) in [6.45, 7) is 3.67. The first kappa shape index (κ1) is 19.2. The molecule has 0 bridgehead atoms. The van der Waals surface area contributed by atoms with Gasteiger partial charge in [0.1, 0.15) is 6.61 Å². The molecule has 0 heterocycles. The molecule has 0 N–H and O–H groups in total. The number of hydrogen-bond donors (Lipinski definition) is 0. The van der Waals surface area contributed by atoms with Gasteiger partial charge >= 0.3 is 0 Å². The lowest BCUT2D eigenvalue weighted by Gasteiger charge is -2.11. The molecule has 2 aromatic carbocycles. The van der Waals surface area contributed by atoms with Gasteiger partial charge in [-0.3, -0.25) is 4.79 Å². The highest BCUT2D eigenvalue weighted by molar-refractivity contribution is 6.07. The van der Waals surface area contributed by atoms with Crippen molar-refractivity contribution in [2.24, 2.45) is 0 Å². The van der Waals surface area contributed by atoms with Gasteiger partial charge in [0.25, 0.3) is 0 Å². The Bertz CT molecular complexity index is 804. The number of allylic oxidation sites excluding steroid dienone is 1. The largest absolute Gasteiger partial charge is 0.546 e. The second-order valence-electron chi connectivity index (χ2n) is 6.05. The average Bonchev–Trinajstić information content (AvgIpc) is 2.64. The number of ketones is 1. The summed E-state index contributed by atoms with van der Waals surface area (Å²) in [7, 11) is 1.42. The Kier molecular flexibility index (Phi) is 6.55. The Morgan fingerprint density at radius 3 is 2.35 bits per heavy atom. The van der Waals surface area contributed by atoms with Crippen molar-refractivity contribution in [3.8, 4) is 11.5 Å². The van der Waals surface area contributed by atoms with E-state index in [1.807, 2.05) is 24.3 Å². The van der Waals surface area contributed by atoms with Crippen LogP contribution >= 0.6 is 0 Å². The summed E-state index contributed by atoms with van der Waals surface area (Å²) in [4.78, 5) is 22.8. The Hall–Kier alpha value is -3.08. The molecule has 136 valence electrons. The van der Waals surface area contributed by atoms with Crippen LogP contribution in [0.4, 0.5) is 0 Å². The molecule has 26 heavy (non-hydrogen) atoms. The molecule has 5 nitrogen and oxygen atoms in total. The van der Waals surface area contributed by atoms with Crippen molar-refractivity contribution >= 4 is 17.8 Å². The number of carboxylic acids is 1. The highest BCUT2D eigenvalue weighted by Crippen LogP contribution is 2.28. The third-order valence-electron chi connectivity index (χ3n) is 3.82. The molecule has 0 radical (unpaired) electrons. The smallest absolute Gasteiger partial charge is 0.185 e. The van der Waals surface area contributed by atoms with Crippen LogP contribution < -0.4 is 14.6 Å². The van der Waals surface area contributed by atoms with Crippen LogP contribution in [-0.2, 0) is 4.79 Å². The molecule has 0 amide bonds. The zero-order valence-electron chi connectivity index (χ0n) is 15.0. The first-order valence-electron chi connectivity index (χ1n) is 8.23. The molecule has 2 rings (SSSR count). The van der Waals surface area contributed by atoms with Crippen LogP contribution in [0.5, 0.6) is 11.5 Å². The Morgan fingerprint density at radius 2 is 1.77 bits per heavy atom. The van der Waals surface area contributed by atoms with Gasteiger partial charge in [0, 0.05) is 5.56 Å². The molecular formula is C21H21O5-. The average molecular weight is 353 g/mol. The van der Waals surface area contributed by atoms with Gasteiger partial charge in [0.15, 0.2) is 17.3 Å². The van der Waals surface area contributed by atoms with Crippen molar-refractivity contribution < 1.29 is 24.2 Å². The fraction of sp³-hybridized carbons (Fsp3) is 0.238. The van der Waals surface area contributed by atoms with Crippen molar-refractivity contribution in [1.29, 1.82) is 0 Å². The van der Waals surface area contributed by atoms with Crippen LogP contribution in [0.15, 0.2) is 48.5 Å². The van der Waals surface area contributed by atoms with Gasteiger partial charge in [0.05, 0.1) is 13.1 Å². The Morgan fingerprint density at radius 1 is 1.08 bits per heavy atom. The molecule has 0 spiro atoms.